The second-order valence-corrected chi connectivity index (χ2v) is 7.58. The van der Waals surface area contributed by atoms with Crippen molar-refractivity contribution in [1.82, 2.24) is 24.2 Å². The van der Waals surface area contributed by atoms with E-state index < -0.39 is 0 Å². The van der Waals surface area contributed by atoms with Crippen LogP contribution in [0.15, 0.2) is 35.4 Å². The zero-order valence-corrected chi connectivity index (χ0v) is 15.6. The fourth-order valence-corrected chi connectivity index (χ4v) is 4.19. The molecule has 2 aliphatic rings. The standard InChI is InChI=1S/C20H24N6O/c1-23-14-21-19-12-16(4-5-18(19)20(23)27)25-9-7-24(8-10-25)13-15-11-17-3-2-6-26(17)22-15/h4-5,11-12,14H,2-3,6-10,13H2,1H3. The number of benzene rings is 1. The highest BCUT2D eigenvalue weighted by Gasteiger charge is 2.20. The minimum absolute atomic E-state index is 0.00309. The van der Waals surface area contributed by atoms with Crippen LogP contribution in [0, 0.1) is 0 Å². The molecule has 0 bridgehead atoms. The average molecular weight is 364 g/mol. The summed E-state index contributed by atoms with van der Waals surface area (Å²) >= 11 is 0. The Morgan fingerprint density at radius 1 is 1.07 bits per heavy atom. The van der Waals surface area contributed by atoms with Crippen LogP contribution in [0.25, 0.3) is 10.9 Å². The van der Waals surface area contributed by atoms with Gasteiger partial charge >= 0.3 is 0 Å². The summed E-state index contributed by atoms with van der Waals surface area (Å²) in [7, 11) is 1.73. The maximum Gasteiger partial charge on any atom is 0.260 e. The maximum atomic E-state index is 12.2. The summed E-state index contributed by atoms with van der Waals surface area (Å²) in [6, 6.07) is 8.25. The zero-order valence-electron chi connectivity index (χ0n) is 15.6. The Balaban J connectivity index is 1.26. The van der Waals surface area contributed by atoms with Crippen LogP contribution in [0.3, 0.4) is 0 Å². The van der Waals surface area contributed by atoms with Gasteiger partial charge in [-0.1, -0.05) is 0 Å². The quantitative estimate of drug-likeness (QED) is 0.703. The maximum absolute atomic E-state index is 12.2. The molecule has 1 fully saturated rings. The molecule has 3 aromatic rings. The van der Waals surface area contributed by atoms with Crippen molar-refractivity contribution in [3.63, 3.8) is 0 Å². The van der Waals surface area contributed by atoms with E-state index in [-0.39, 0.29) is 5.56 Å². The van der Waals surface area contributed by atoms with Gasteiger partial charge in [-0.05, 0) is 37.1 Å². The van der Waals surface area contributed by atoms with Crippen molar-refractivity contribution in [3.8, 4) is 0 Å². The minimum atomic E-state index is 0.00309. The molecule has 7 nitrogen and oxygen atoms in total. The van der Waals surface area contributed by atoms with Crippen LogP contribution in [-0.2, 0) is 26.6 Å². The molecule has 1 saturated heterocycles. The van der Waals surface area contributed by atoms with Crippen LogP contribution in [0.1, 0.15) is 17.8 Å². The van der Waals surface area contributed by atoms with Crippen molar-refractivity contribution in [1.29, 1.82) is 0 Å². The molecular formula is C20H24N6O. The number of nitrogens with zero attached hydrogens (tertiary/aromatic N) is 6. The Labute approximate surface area is 157 Å². The number of piperazine rings is 1. The van der Waals surface area contributed by atoms with Crippen LogP contribution in [0.5, 0.6) is 0 Å². The van der Waals surface area contributed by atoms with E-state index in [4.69, 9.17) is 5.10 Å². The molecule has 0 amide bonds. The highest BCUT2D eigenvalue weighted by molar-refractivity contribution is 5.81. The largest absolute Gasteiger partial charge is 0.369 e. The predicted octanol–water partition coefficient (Wildman–Crippen LogP) is 1.40. The molecule has 2 aromatic heterocycles. The lowest BCUT2D eigenvalue weighted by atomic mass is 10.2. The lowest BCUT2D eigenvalue weighted by Gasteiger charge is -2.35. The summed E-state index contributed by atoms with van der Waals surface area (Å²) in [6.07, 6.45) is 3.99. The normalized spacial score (nSPS) is 17.6. The highest BCUT2D eigenvalue weighted by atomic mass is 16.1. The molecule has 0 saturated carbocycles. The highest BCUT2D eigenvalue weighted by Crippen LogP contribution is 2.21. The number of fused-ring (bicyclic) bond motifs is 2. The van der Waals surface area contributed by atoms with Gasteiger partial charge in [-0.25, -0.2) is 4.98 Å². The van der Waals surface area contributed by atoms with Gasteiger partial charge in [-0.2, -0.15) is 5.10 Å². The molecule has 0 radical (unpaired) electrons. The molecule has 140 valence electrons. The second-order valence-electron chi connectivity index (χ2n) is 7.58. The molecule has 2 aliphatic heterocycles. The number of hydrogen-bond acceptors (Lipinski definition) is 5. The Morgan fingerprint density at radius 3 is 2.74 bits per heavy atom. The van der Waals surface area contributed by atoms with Gasteiger partial charge in [0.25, 0.3) is 5.56 Å². The van der Waals surface area contributed by atoms with Gasteiger partial charge in [0, 0.05) is 57.7 Å². The van der Waals surface area contributed by atoms with Crippen molar-refractivity contribution in [2.75, 3.05) is 31.1 Å². The Hall–Kier alpha value is -2.67. The van der Waals surface area contributed by atoms with E-state index in [2.05, 4.69) is 25.5 Å². The molecule has 0 atom stereocenters. The van der Waals surface area contributed by atoms with Gasteiger partial charge in [0.15, 0.2) is 0 Å². The third kappa shape index (κ3) is 3.02. The van der Waals surface area contributed by atoms with E-state index >= 15 is 0 Å². The molecule has 1 aromatic carbocycles. The van der Waals surface area contributed by atoms with Crippen molar-refractivity contribution < 1.29 is 0 Å². The molecule has 0 N–H and O–H groups in total. The van der Waals surface area contributed by atoms with Crippen LogP contribution >= 0.6 is 0 Å². The smallest absolute Gasteiger partial charge is 0.260 e. The first-order valence-corrected chi connectivity index (χ1v) is 9.66. The third-order valence-corrected chi connectivity index (χ3v) is 5.74. The molecule has 0 unspecified atom stereocenters. The Kier molecular flexibility index (Phi) is 3.97. The summed E-state index contributed by atoms with van der Waals surface area (Å²) in [5.74, 6) is 0. The topological polar surface area (TPSA) is 59.2 Å². The monoisotopic (exact) mass is 364 g/mol. The number of aromatic nitrogens is 4. The third-order valence-electron chi connectivity index (χ3n) is 5.74. The van der Waals surface area contributed by atoms with Crippen molar-refractivity contribution >= 4 is 16.6 Å². The number of rotatable bonds is 3. The molecular weight excluding hydrogens is 340 g/mol. The van der Waals surface area contributed by atoms with Crippen LogP contribution in [0.2, 0.25) is 0 Å². The summed E-state index contributed by atoms with van der Waals surface area (Å²) in [6.45, 7) is 5.99. The molecule has 27 heavy (non-hydrogen) atoms. The van der Waals surface area contributed by atoms with E-state index in [1.165, 1.54) is 28.8 Å². The van der Waals surface area contributed by atoms with Crippen molar-refractivity contribution in [3.05, 3.63) is 52.3 Å². The first kappa shape index (κ1) is 16.5. The molecule has 7 heteroatoms. The molecule has 0 aliphatic carbocycles. The minimum Gasteiger partial charge on any atom is -0.369 e. The van der Waals surface area contributed by atoms with E-state index in [1.807, 2.05) is 18.2 Å². The van der Waals surface area contributed by atoms with E-state index in [0.29, 0.717) is 5.39 Å². The Bertz CT molecular complexity index is 1020. The first-order chi connectivity index (χ1) is 13.2. The van der Waals surface area contributed by atoms with Gasteiger partial charge in [0.05, 0.1) is 22.9 Å². The van der Waals surface area contributed by atoms with E-state index in [0.717, 1.165) is 50.5 Å². The lowest BCUT2D eigenvalue weighted by Crippen LogP contribution is -2.46. The van der Waals surface area contributed by atoms with Gasteiger partial charge in [0.1, 0.15) is 0 Å². The van der Waals surface area contributed by atoms with Gasteiger partial charge in [0.2, 0.25) is 0 Å². The van der Waals surface area contributed by atoms with Crippen LogP contribution in [0.4, 0.5) is 5.69 Å². The molecule has 0 spiro atoms. The summed E-state index contributed by atoms with van der Waals surface area (Å²) in [5.41, 5.74) is 4.50. The molecule has 4 heterocycles. The molecule has 5 rings (SSSR count). The second kappa shape index (κ2) is 6.49. The van der Waals surface area contributed by atoms with Crippen molar-refractivity contribution in [2.45, 2.75) is 25.9 Å². The fraction of sp³-hybridized carbons (Fsp3) is 0.450. The van der Waals surface area contributed by atoms with Gasteiger partial charge < -0.3 is 9.47 Å². The summed E-state index contributed by atoms with van der Waals surface area (Å²) in [4.78, 5) is 21.4. The Morgan fingerprint density at radius 2 is 1.93 bits per heavy atom. The van der Waals surface area contributed by atoms with Crippen LogP contribution < -0.4 is 10.5 Å². The first-order valence-electron chi connectivity index (χ1n) is 9.66. The number of aryl methyl sites for hydroxylation is 3. The van der Waals surface area contributed by atoms with Crippen LogP contribution in [-0.4, -0.2) is 50.4 Å². The van der Waals surface area contributed by atoms with E-state index in [1.54, 1.807) is 13.4 Å². The van der Waals surface area contributed by atoms with Gasteiger partial charge in [-0.3, -0.25) is 14.4 Å². The summed E-state index contributed by atoms with van der Waals surface area (Å²) in [5, 5.41) is 5.41. The lowest BCUT2D eigenvalue weighted by molar-refractivity contribution is 0.246. The fourth-order valence-electron chi connectivity index (χ4n) is 4.19. The van der Waals surface area contributed by atoms with E-state index in [9.17, 15) is 4.79 Å². The van der Waals surface area contributed by atoms with Gasteiger partial charge in [-0.15, -0.1) is 0 Å². The predicted molar refractivity (Wildman–Crippen MR) is 105 cm³/mol. The number of anilines is 1. The zero-order chi connectivity index (χ0) is 18.4. The SMILES string of the molecule is Cn1cnc2cc(N3CCN(Cc4cc5n(n4)CCC5)CC3)ccc2c1=O. The average Bonchev–Trinajstić information content (AvgIpc) is 3.27. The number of hydrogen-bond donors (Lipinski definition) is 0. The van der Waals surface area contributed by atoms with Crippen molar-refractivity contribution in [2.24, 2.45) is 7.05 Å². The summed E-state index contributed by atoms with van der Waals surface area (Å²) < 4.78 is 3.69.